The minimum absolute atomic E-state index is 0.291. The molecule has 0 radical (unpaired) electrons. The second kappa shape index (κ2) is 6.40. The van der Waals surface area contributed by atoms with Crippen molar-refractivity contribution in [3.05, 3.63) is 42.2 Å². The van der Waals surface area contributed by atoms with Crippen LogP contribution in [0.1, 0.15) is 24.4 Å². The molecule has 0 aromatic carbocycles. The van der Waals surface area contributed by atoms with Gasteiger partial charge in [0.1, 0.15) is 11.6 Å². The van der Waals surface area contributed by atoms with Crippen molar-refractivity contribution in [1.29, 1.82) is 0 Å². The first-order chi connectivity index (χ1) is 11.8. The molecule has 1 aliphatic rings. The summed E-state index contributed by atoms with van der Waals surface area (Å²) in [6, 6.07) is 5.91. The van der Waals surface area contributed by atoms with E-state index in [9.17, 15) is 0 Å². The van der Waals surface area contributed by atoms with Crippen LogP contribution in [-0.2, 0) is 6.42 Å². The fourth-order valence-corrected chi connectivity index (χ4v) is 2.79. The monoisotopic (exact) mass is 326 g/mol. The van der Waals surface area contributed by atoms with E-state index in [0.29, 0.717) is 29.9 Å². The van der Waals surface area contributed by atoms with Crippen LogP contribution in [0.3, 0.4) is 0 Å². The molecule has 0 bridgehead atoms. The summed E-state index contributed by atoms with van der Waals surface area (Å²) in [7, 11) is 0. The number of aromatic nitrogens is 4. The molecule has 1 saturated heterocycles. The largest absolute Gasteiger partial charge is 0.361 e. The van der Waals surface area contributed by atoms with E-state index in [0.717, 1.165) is 37.3 Å². The Morgan fingerprint density at radius 3 is 2.83 bits per heavy atom. The van der Waals surface area contributed by atoms with Gasteiger partial charge in [-0.25, -0.2) is 4.98 Å². The molecule has 4 heterocycles. The van der Waals surface area contributed by atoms with Gasteiger partial charge >= 0.3 is 0 Å². The van der Waals surface area contributed by atoms with E-state index in [1.165, 1.54) is 0 Å². The zero-order valence-electron chi connectivity index (χ0n) is 13.1. The summed E-state index contributed by atoms with van der Waals surface area (Å²) < 4.78 is 10.4. The molecule has 8 heteroatoms. The van der Waals surface area contributed by atoms with Gasteiger partial charge in [0.2, 0.25) is 0 Å². The summed E-state index contributed by atoms with van der Waals surface area (Å²) in [4.78, 5) is 11.1. The van der Waals surface area contributed by atoms with Crippen molar-refractivity contribution in [3.63, 3.8) is 0 Å². The number of nitrogens with two attached hydrogens (primary N) is 1. The Kier molecular flexibility index (Phi) is 3.96. The maximum Gasteiger partial charge on any atom is 0.258 e. The number of hydrogen-bond donors (Lipinski definition) is 1. The van der Waals surface area contributed by atoms with Crippen molar-refractivity contribution in [2.45, 2.75) is 25.3 Å². The lowest BCUT2D eigenvalue weighted by Crippen LogP contribution is -2.40. The van der Waals surface area contributed by atoms with Crippen LogP contribution in [-0.4, -0.2) is 39.4 Å². The summed E-state index contributed by atoms with van der Waals surface area (Å²) in [6.45, 7) is 1.83. The van der Waals surface area contributed by atoms with Crippen molar-refractivity contribution in [2.24, 2.45) is 5.73 Å². The van der Waals surface area contributed by atoms with Crippen molar-refractivity contribution < 1.29 is 9.05 Å². The number of anilines is 1. The standard InChI is InChI=1S/C16H18N6O2/c17-12-3-7-22(8-4-12)15-9-11(1-5-18-15)16-20-14(21-24-16)10-13-2-6-19-23-13/h1-2,5-6,9,12H,3-4,7-8,10,17H2. The van der Waals surface area contributed by atoms with Gasteiger partial charge in [-0.05, 0) is 25.0 Å². The van der Waals surface area contributed by atoms with Gasteiger partial charge in [0.25, 0.3) is 5.89 Å². The highest BCUT2D eigenvalue weighted by molar-refractivity contribution is 5.58. The van der Waals surface area contributed by atoms with Gasteiger partial charge in [-0.15, -0.1) is 0 Å². The Morgan fingerprint density at radius 1 is 1.17 bits per heavy atom. The maximum atomic E-state index is 5.96. The highest BCUT2D eigenvalue weighted by Crippen LogP contribution is 2.24. The Bertz CT molecular complexity index is 793. The van der Waals surface area contributed by atoms with Crippen molar-refractivity contribution >= 4 is 5.82 Å². The molecule has 0 aliphatic carbocycles. The van der Waals surface area contributed by atoms with E-state index in [4.69, 9.17) is 14.8 Å². The third-order valence-electron chi connectivity index (χ3n) is 4.15. The van der Waals surface area contributed by atoms with E-state index in [1.807, 2.05) is 12.1 Å². The minimum atomic E-state index is 0.291. The number of hydrogen-bond acceptors (Lipinski definition) is 8. The SMILES string of the molecule is NC1CCN(c2cc(-c3nc(Cc4ccno4)no3)ccn2)CC1. The van der Waals surface area contributed by atoms with Crippen molar-refractivity contribution in [1.82, 2.24) is 20.3 Å². The van der Waals surface area contributed by atoms with Crippen LogP contribution in [0.15, 0.2) is 39.6 Å². The lowest BCUT2D eigenvalue weighted by molar-refractivity contribution is 0.382. The van der Waals surface area contributed by atoms with Gasteiger partial charge in [-0.1, -0.05) is 10.3 Å². The second-order valence-corrected chi connectivity index (χ2v) is 5.90. The molecule has 0 saturated carbocycles. The van der Waals surface area contributed by atoms with E-state index in [-0.39, 0.29) is 0 Å². The molecule has 1 fully saturated rings. The Morgan fingerprint density at radius 2 is 2.04 bits per heavy atom. The molecule has 0 unspecified atom stereocenters. The number of piperidine rings is 1. The average Bonchev–Trinajstić information content (AvgIpc) is 3.28. The van der Waals surface area contributed by atoms with Gasteiger partial charge in [0.15, 0.2) is 5.82 Å². The Labute approximate surface area is 138 Å². The molecule has 0 amide bonds. The van der Waals surface area contributed by atoms with Gasteiger partial charge in [-0.3, -0.25) is 0 Å². The maximum absolute atomic E-state index is 5.96. The second-order valence-electron chi connectivity index (χ2n) is 5.90. The van der Waals surface area contributed by atoms with Crippen molar-refractivity contribution in [3.8, 4) is 11.5 Å². The number of rotatable bonds is 4. The number of pyridine rings is 1. The lowest BCUT2D eigenvalue weighted by Gasteiger charge is -2.31. The zero-order chi connectivity index (χ0) is 16.4. The topological polar surface area (TPSA) is 107 Å². The molecule has 1 aliphatic heterocycles. The lowest BCUT2D eigenvalue weighted by atomic mass is 10.1. The predicted molar refractivity (Wildman–Crippen MR) is 86.3 cm³/mol. The molecular weight excluding hydrogens is 308 g/mol. The van der Waals surface area contributed by atoms with Crippen LogP contribution < -0.4 is 10.6 Å². The third-order valence-corrected chi connectivity index (χ3v) is 4.15. The molecule has 4 rings (SSSR count). The van der Waals surface area contributed by atoms with E-state index < -0.39 is 0 Å². The third kappa shape index (κ3) is 3.13. The Hall–Kier alpha value is -2.74. The van der Waals surface area contributed by atoms with Crippen LogP contribution in [0.5, 0.6) is 0 Å². The first kappa shape index (κ1) is 14.8. The molecule has 0 spiro atoms. The highest BCUT2D eigenvalue weighted by Gasteiger charge is 2.18. The Balaban J connectivity index is 1.52. The summed E-state index contributed by atoms with van der Waals surface area (Å²) in [6.07, 6.45) is 5.77. The van der Waals surface area contributed by atoms with Gasteiger partial charge < -0.3 is 19.7 Å². The molecule has 8 nitrogen and oxygen atoms in total. The van der Waals surface area contributed by atoms with Gasteiger partial charge in [0.05, 0.1) is 12.6 Å². The summed E-state index contributed by atoms with van der Waals surface area (Å²) in [5.41, 5.74) is 6.81. The fourth-order valence-electron chi connectivity index (χ4n) is 2.79. The molecule has 3 aromatic heterocycles. The normalized spacial score (nSPS) is 15.8. The van der Waals surface area contributed by atoms with Crippen LogP contribution >= 0.6 is 0 Å². The summed E-state index contributed by atoms with van der Waals surface area (Å²) in [5, 5.41) is 7.66. The van der Waals surface area contributed by atoms with Gasteiger partial charge in [-0.2, -0.15) is 4.98 Å². The smallest absolute Gasteiger partial charge is 0.258 e. The zero-order valence-corrected chi connectivity index (χ0v) is 13.1. The van der Waals surface area contributed by atoms with Crippen LogP contribution in [0.4, 0.5) is 5.82 Å². The molecular formula is C16H18N6O2. The van der Waals surface area contributed by atoms with E-state index in [1.54, 1.807) is 18.5 Å². The summed E-state index contributed by atoms with van der Waals surface area (Å²) in [5.74, 6) is 2.64. The molecule has 24 heavy (non-hydrogen) atoms. The molecule has 2 N–H and O–H groups in total. The first-order valence-corrected chi connectivity index (χ1v) is 7.97. The van der Waals surface area contributed by atoms with E-state index >= 15 is 0 Å². The highest BCUT2D eigenvalue weighted by atomic mass is 16.5. The average molecular weight is 326 g/mol. The summed E-state index contributed by atoms with van der Waals surface area (Å²) >= 11 is 0. The minimum Gasteiger partial charge on any atom is -0.361 e. The quantitative estimate of drug-likeness (QED) is 0.771. The van der Waals surface area contributed by atoms with E-state index in [2.05, 4.69) is 25.2 Å². The molecule has 0 atom stereocenters. The van der Waals surface area contributed by atoms with Gasteiger partial charge in [0, 0.05) is 37.0 Å². The molecule has 124 valence electrons. The fraction of sp³-hybridized carbons (Fsp3) is 0.375. The predicted octanol–water partition coefficient (Wildman–Crippen LogP) is 1.64. The van der Waals surface area contributed by atoms with Crippen LogP contribution in [0, 0.1) is 0 Å². The van der Waals surface area contributed by atoms with Crippen molar-refractivity contribution in [2.75, 3.05) is 18.0 Å². The van der Waals surface area contributed by atoms with Crippen LogP contribution in [0.25, 0.3) is 11.5 Å². The first-order valence-electron chi connectivity index (χ1n) is 7.97. The number of nitrogens with zero attached hydrogens (tertiary/aromatic N) is 5. The van der Waals surface area contributed by atoms with Crippen LogP contribution in [0.2, 0.25) is 0 Å². The molecule has 3 aromatic rings.